The Morgan fingerprint density at radius 2 is 1.66 bits per heavy atom. The molecule has 1 saturated heterocycles. The highest BCUT2D eigenvalue weighted by Crippen LogP contribution is 2.22. The largest absolute Gasteiger partial charge is 0.369 e. The van der Waals surface area contributed by atoms with Gasteiger partial charge in [-0.15, -0.1) is 0 Å². The first-order valence-corrected chi connectivity index (χ1v) is 10.5. The fourth-order valence-corrected chi connectivity index (χ4v) is 4.22. The van der Waals surface area contributed by atoms with E-state index in [1.807, 2.05) is 12.3 Å². The van der Waals surface area contributed by atoms with E-state index in [1.54, 1.807) is 7.11 Å². The van der Waals surface area contributed by atoms with Crippen molar-refractivity contribution in [3.63, 3.8) is 0 Å². The van der Waals surface area contributed by atoms with Crippen LogP contribution in [0.1, 0.15) is 18.5 Å². The highest BCUT2D eigenvalue weighted by molar-refractivity contribution is 5.46. The van der Waals surface area contributed by atoms with Crippen LogP contribution in [-0.2, 0) is 11.2 Å². The number of para-hydroxylation sites is 2. The van der Waals surface area contributed by atoms with Gasteiger partial charge in [-0.3, -0.25) is 4.90 Å². The number of hydrogen-bond donors (Lipinski definition) is 0. The van der Waals surface area contributed by atoms with Gasteiger partial charge in [0, 0.05) is 50.4 Å². The van der Waals surface area contributed by atoms with Gasteiger partial charge in [0.15, 0.2) is 0 Å². The summed E-state index contributed by atoms with van der Waals surface area (Å²) < 4.78 is 7.53. The maximum Gasteiger partial charge on any atom is 0.0990 e. The summed E-state index contributed by atoms with van der Waals surface area (Å²) in [5.41, 5.74) is 3.71. The van der Waals surface area contributed by atoms with Gasteiger partial charge in [-0.2, -0.15) is 5.10 Å². The molecule has 0 spiro atoms. The van der Waals surface area contributed by atoms with Gasteiger partial charge < -0.3 is 9.64 Å². The van der Waals surface area contributed by atoms with E-state index in [9.17, 15) is 0 Å². The molecule has 0 bridgehead atoms. The monoisotopic (exact) mass is 390 g/mol. The second kappa shape index (κ2) is 9.72. The Kier molecular flexibility index (Phi) is 6.60. The third-order valence-electron chi connectivity index (χ3n) is 5.71. The first kappa shape index (κ1) is 19.7. The average Bonchev–Trinajstić information content (AvgIpc) is 3.25. The van der Waals surface area contributed by atoms with Crippen molar-refractivity contribution in [3.05, 3.63) is 78.6 Å². The van der Waals surface area contributed by atoms with Crippen molar-refractivity contribution in [3.8, 4) is 5.69 Å². The Morgan fingerprint density at radius 1 is 0.931 bits per heavy atom. The summed E-state index contributed by atoms with van der Waals surface area (Å²) >= 11 is 0. The topological polar surface area (TPSA) is 33.5 Å². The molecule has 2 heterocycles. The molecular weight excluding hydrogens is 360 g/mol. The smallest absolute Gasteiger partial charge is 0.0990 e. The van der Waals surface area contributed by atoms with E-state index in [4.69, 9.17) is 4.74 Å². The molecule has 0 N–H and O–H groups in total. The van der Waals surface area contributed by atoms with Crippen molar-refractivity contribution in [1.82, 2.24) is 14.7 Å². The molecular formula is C24H30N4O. The molecule has 152 valence electrons. The summed E-state index contributed by atoms with van der Waals surface area (Å²) in [5, 5.41) is 4.53. The third kappa shape index (κ3) is 4.86. The first-order chi connectivity index (χ1) is 14.3. The molecule has 5 heteroatoms. The number of aryl methyl sites for hydroxylation is 1. The molecule has 0 aliphatic carbocycles. The Bertz CT molecular complexity index is 865. The second-order valence-corrected chi connectivity index (χ2v) is 7.63. The van der Waals surface area contributed by atoms with Crippen molar-refractivity contribution < 1.29 is 4.74 Å². The molecule has 2 aromatic carbocycles. The van der Waals surface area contributed by atoms with E-state index in [1.165, 1.54) is 11.4 Å². The maximum absolute atomic E-state index is 5.47. The van der Waals surface area contributed by atoms with Crippen LogP contribution in [0.2, 0.25) is 0 Å². The van der Waals surface area contributed by atoms with Crippen LogP contribution in [0, 0.1) is 0 Å². The van der Waals surface area contributed by atoms with Gasteiger partial charge in [-0.05, 0) is 49.6 Å². The lowest BCUT2D eigenvalue weighted by atomic mass is 10.0. The molecule has 1 aromatic heterocycles. The van der Waals surface area contributed by atoms with Crippen LogP contribution in [-0.4, -0.2) is 54.2 Å². The molecule has 1 atom stereocenters. The third-order valence-corrected chi connectivity index (χ3v) is 5.71. The SMILES string of the molecule is COCN1CCN(c2ccccc2)CC1CCCc1ccnn1-c1ccccc1. The summed E-state index contributed by atoms with van der Waals surface area (Å²) in [7, 11) is 1.79. The zero-order valence-corrected chi connectivity index (χ0v) is 17.2. The van der Waals surface area contributed by atoms with Crippen molar-refractivity contribution in [2.24, 2.45) is 0 Å². The summed E-state index contributed by atoms with van der Waals surface area (Å²) in [6.07, 6.45) is 5.20. The van der Waals surface area contributed by atoms with Crippen LogP contribution in [0.4, 0.5) is 5.69 Å². The Morgan fingerprint density at radius 3 is 2.38 bits per heavy atom. The van der Waals surface area contributed by atoms with Crippen molar-refractivity contribution >= 4 is 5.69 Å². The van der Waals surface area contributed by atoms with Gasteiger partial charge >= 0.3 is 0 Å². The minimum Gasteiger partial charge on any atom is -0.369 e. The van der Waals surface area contributed by atoms with Crippen LogP contribution < -0.4 is 4.90 Å². The predicted octanol–water partition coefficient (Wildman–Crippen LogP) is 3.99. The lowest BCUT2D eigenvalue weighted by Gasteiger charge is -2.42. The molecule has 1 aliphatic rings. The Balaban J connectivity index is 1.39. The zero-order valence-electron chi connectivity index (χ0n) is 17.2. The number of ether oxygens (including phenoxy) is 1. The number of hydrogen-bond acceptors (Lipinski definition) is 4. The molecule has 5 nitrogen and oxygen atoms in total. The predicted molar refractivity (Wildman–Crippen MR) is 118 cm³/mol. The molecule has 1 fully saturated rings. The van der Waals surface area contributed by atoms with Gasteiger partial charge in [-0.25, -0.2) is 4.68 Å². The Hall–Kier alpha value is -2.63. The maximum atomic E-state index is 5.47. The molecule has 1 aliphatic heterocycles. The summed E-state index contributed by atoms with van der Waals surface area (Å²) in [6, 6.07) is 23.7. The highest BCUT2D eigenvalue weighted by Gasteiger charge is 2.26. The number of nitrogens with zero attached hydrogens (tertiary/aromatic N) is 4. The quantitative estimate of drug-likeness (QED) is 0.582. The van der Waals surface area contributed by atoms with Crippen molar-refractivity contribution in [2.75, 3.05) is 38.4 Å². The second-order valence-electron chi connectivity index (χ2n) is 7.63. The summed E-state index contributed by atoms with van der Waals surface area (Å²) in [6.45, 7) is 3.83. The van der Waals surface area contributed by atoms with Crippen LogP contribution in [0.15, 0.2) is 72.9 Å². The van der Waals surface area contributed by atoms with Crippen molar-refractivity contribution in [2.45, 2.75) is 25.3 Å². The zero-order chi connectivity index (χ0) is 19.9. The van der Waals surface area contributed by atoms with E-state index in [2.05, 4.69) is 80.2 Å². The fourth-order valence-electron chi connectivity index (χ4n) is 4.22. The van der Waals surface area contributed by atoms with E-state index in [0.717, 1.165) is 44.6 Å². The number of aromatic nitrogens is 2. The van der Waals surface area contributed by atoms with Crippen LogP contribution >= 0.6 is 0 Å². The minimum atomic E-state index is 0.497. The average molecular weight is 391 g/mol. The lowest BCUT2D eigenvalue weighted by molar-refractivity contribution is 0.0238. The first-order valence-electron chi connectivity index (χ1n) is 10.5. The van der Waals surface area contributed by atoms with E-state index in [-0.39, 0.29) is 0 Å². The summed E-state index contributed by atoms with van der Waals surface area (Å²) in [4.78, 5) is 4.99. The Labute approximate surface area is 173 Å². The summed E-state index contributed by atoms with van der Waals surface area (Å²) in [5.74, 6) is 0. The van der Waals surface area contributed by atoms with Gasteiger partial charge in [0.2, 0.25) is 0 Å². The molecule has 29 heavy (non-hydrogen) atoms. The molecule has 0 amide bonds. The number of anilines is 1. The van der Waals surface area contributed by atoms with Crippen LogP contribution in [0.3, 0.4) is 0 Å². The number of rotatable bonds is 8. The van der Waals surface area contributed by atoms with Gasteiger partial charge in [0.25, 0.3) is 0 Å². The van der Waals surface area contributed by atoms with Gasteiger partial charge in [-0.1, -0.05) is 36.4 Å². The van der Waals surface area contributed by atoms with E-state index >= 15 is 0 Å². The molecule has 4 rings (SSSR count). The molecule has 0 radical (unpaired) electrons. The number of piperazine rings is 1. The van der Waals surface area contributed by atoms with Crippen molar-refractivity contribution in [1.29, 1.82) is 0 Å². The van der Waals surface area contributed by atoms with Crippen LogP contribution in [0.25, 0.3) is 5.69 Å². The molecule has 3 aromatic rings. The van der Waals surface area contributed by atoms with Gasteiger partial charge in [0.05, 0.1) is 12.4 Å². The fraction of sp³-hybridized carbons (Fsp3) is 0.375. The standard InChI is InChI=1S/C24H30N4O/c1-29-20-27-18-17-26(21-9-4-2-5-10-21)19-24(27)14-8-13-23-15-16-25-28(23)22-11-6-3-7-12-22/h2-7,9-12,15-16,24H,8,13-14,17-20H2,1H3. The van der Waals surface area contributed by atoms with Crippen LogP contribution in [0.5, 0.6) is 0 Å². The number of benzene rings is 2. The van der Waals surface area contributed by atoms with E-state index in [0.29, 0.717) is 12.8 Å². The highest BCUT2D eigenvalue weighted by atomic mass is 16.5. The van der Waals surface area contributed by atoms with Gasteiger partial charge in [0.1, 0.15) is 0 Å². The minimum absolute atomic E-state index is 0.497. The lowest BCUT2D eigenvalue weighted by Crippen LogP contribution is -2.53. The number of methoxy groups -OCH3 is 1. The molecule has 1 unspecified atom stereocenters. The van der Waals surface area contributed by atoms with E-state index < -0.39 is 0 Å². The molecule has 0 saturated carbocycles. The normalized spacial score (nSPS) is 17.6.